The van der Waals surface area contributed by atoms with Crippen LogP contribution in [0.15, 0.2) is 24.5 Å². The lowest BCUT2D eigenvalue weighted by molar-refractivity contribution is -0.137. The van der Waals surface area contributed by atoms with E-state index < -0.39 is 5.97 Å². The van der Waals surface area contributed by atoms with Crippen molar-refractivity contribution in [2.45, 2.75) is 40.0 Å². The zero-order chi connectivity index (χ0) is 12.6. The van der Waals surface area contributed by atoms with Crippen molar-refractivity contribution in [2.75, 3.05) is 6.61 Å². The van der Waals surface area contributed by atoms with Crippen LogP contribution in [0.3, 0.4) is 0 Å². The van der Waals surface area contributed by atoms with Gasteiger partial charge < -0.3 is 9.84 Å². The summed E-state index contributed by atoms with van der Waals surface area (Å²) in [5, 5.41) is 8.52. The molecule has 0 aromatic heterocycles. The third kappa shape index (κ3) is 7.10. The summed E-state index contributed by atoms with van der Waals surface area (Å²) in [6.45, 7) is 10.1. The van der Waals surface area contributed by atoms with Crippen molar-refractivity contribution in [3.63, 3.8) is 0 Å². The van der Waals surface area contributed by atoms with E-state index in [9.17, 15) is 4.79 Å². The van der Waals surface area contributed by atoms with Crippen LogP contribution >= 0.6 is 0 Å². The summed E-state index contributed by atoms with van der Waals surface area (Å²) in [4.78, 5) is 10.4. The van der Waals surface area contributed by atoms with Gasteiger partial charge in [-0.1, -0.05) is 26.8 Å². The largest absolute Gasteiger partial charge is 0.498 e. The lowest BCUT2D eigenvalue weighted by Gasteiger charge is -2.17. The van der Waals surface area contributed by atoms with Crippen LogP contribution in [0.2, 0.25) is 0 Å². The minimum Gasteiger partial charge on any atom is -0.498 e. The summed E-state index contributed by atoms with van der Waals surface area (Å²) < 4.78 is 5.46. The molecule has 0 aromatic carbocycles. The lowest BCUT2D eigenvalue weighted by Crippen LogP contribution is -2.07. The molecule has 0 atom stereocenters. The monoisotopic (exact) mass is 226 g/mol. The average molecular weight is 226 g/mol. The smallest absolute Gasteiger partial charge is 0.306 e. The quantitative estimate of drug-likeness (QED) is 0.510. The average Bonchev–Trinajstić information content (AvgIpc) is 2.17. The van der Waals surface area contributed by atoms with Crippen LogP contribution in [0.25, 0.3) is 0 Å². The van der Waals surface area contributed by atoms with E-state index in [4.69, 9.17) is 9.84 Å². The van der Waals surface area contributed by atoms with Crippen molar-refractivity contribution in [2.24, 2.45) is 5.41 Å². The number of hydrogen-bond donors (Lipinski definition) is 1. The number of aliphatic carboxylic acids is 1. The molecule has 0 aliphatic rings. The van der Waals surface area contributed by atoms with Crippen LogP contribution in [0, 0.1) is 5.41 Å². The molecule has 3 nitrogen and oxygen atoms in total. The third-order valence-corrected chi connectivity index (χ3v) is 2.16. The number of carbonyl (C=O) groups is 1. The summed E-state index contributed by atoms with van der Waals surface area (Å²) in [5.41, 5.74) is -0.117. The molecule has 92 valence electrons. The van der Waals surface area contributed by atoms with E-state index in [1.807, 2.05) is 26.0 Å². The van der Waals surface area contributed by atoms with E-state index in [1.165, 1.54) is 0 Å². The molecular formula is C13H22O3. The van der Waals surface area contributed by atoms with Gasteiger partial charge >= 0.3 is 5.97 Å². The highest BCUT2D eigenvalue weighted by Crippen LogP contribution is 2.22. The standard InChI is InChI=1S/C13H22O3/c1-5-7-11(10-13(3,4)6-2)16-9-8-12(14)15/h6,10H,2,5,7-9H2,1,3-4H3,(H,14,15)/b11-10+. The molecule has 0 amide bonds. The fourth-order valence-electron chi connectivity index (χ4n) is 1.18. The number of rotatable bonds is 8. The second kappa shape index (κ2) is 7.09. The van der Waals surface area contributed by atoms with Crippen molar-refractivity contribution in [1.29, 1.82) is 0 Å². The Bertz CT molecular complexity index is 264. The summed E-state index contributed by atoms with van der Waals surface area (Å²) >= 11 is 0. The van der Waals surface area contributed by atoms with Crippen LogP contribution < -0.4 is 0 Å². The van der Waals surface area contributed by atoms with E-state index in [1.54, 1.807) is 0 Å². The van der Waals surface area contributed by atoms with E-state index in [2.05, 4.69) is 13.5 Å². The summed E-state index contributed by atoms with van der Waals surface area (Å²) in [5.74, 6) is 0.0208. The minimum absolute atomic E-state index is 0.0373. The van der Waals surface area contributed by atoms with Gasteiger partial charge in [-0.15, -0.1) is 6.58 Å². The fraction of sp³-hybridized carbons (Fsp3) is 0.615. The maximum absolute atomic E-state index is 10.4. The molecule has 0 heterocycles. The van der Waals surface area contributed by atoms with Crippen molar-refractivity contribution in [1.82, 2.24) is 0 Å². The zero-order valence-corrected chi connectivity index (χ0v) is 10.5. The molecule has 16 heavy (non-hydrogen) atoms. The highest BCUT2D eigenvalue weighted by atomic mass is 16.5. The Morgan fingerprint density at radius 3 is 2.50 bits per heavy atom. The topological polar surface area (TPSA) is 46.5 Å². The van der Waals surface area contributed by atoms with E-state index in [-0.39, 0.29) is 18.4 Å². The first-order chi connectivity index (χ1) is 7.41. The van der Waals surface area contributed by atoms with Gasteiger partial charge in [-0.05, 0) is 12.5 Å². The van der Waals surface area contributed by atoms with Crippen molar-refractivity contribution < 1.29 is 14.6 Å². The normalized spacial score (nSPS) is 12.3. The molecule has 3 heteroatoms. The van der Waals surface area contributed by atoms with Gasteiger partial charge in [0.2, 0.25) is 0 Å². The molecule has 0 saturated heterocycles. The molecule has 0 rings (SSSR count). The number of ether oxygens (including phenoxy) is 1. The first-order valence-corrected chi connectivity index (χ1v) is 5.61. The van der Waals surface area contributed by atoms with Crippen LogP contribution in [-0.4, -0.2) is 17.7 Å². The molecule has 1 N–H and O–H groups in total. The third-order valence-electron chi connectivity index (χ3n) is 2.16. The Morgan fingerprint density at radius 2 is 2.06 bits per heavy atom. The Balaban J connectivity index is 4.36. The molecule has 0 radical (unpaired) electrons. The Hall–Kier alpha value is -1.25. The van der Waals surface area contributed by atoms with Crippen LogP contribution in [0.1, 0.15) is 40.0 Å². The minimum atomic E-state index is -0.834. The van der Waals surface area contributed by atoms with E-state index >= 15 is 0 Å². The van der Waals surface area contributed by atoms with Crippen LogP contribution in [0.4, 0.5) is 0 Å². The molecule has 0 spiro atoms. The van der Waals surface area contributed by atoms with Gasteiger partial charge in [0, 0.05) is 11.8 Å². The van der Waals surface area contributed by atoms with Gasteiger partial charge in [-0.3, -0.25) is 4.79 Å². The van der Waals surface area contributed by atoms with Gasteiger partial charge in [-0.2, -0.15) is 0 Å². The lowest BCUT2D eigenvalue weighted by atomic mass is 9.92. The SMILES string of the molecule is C=CC(C)(C)/C=C(\CCC)OCCC(=O)O. The maximum Gasteiger partial charge on any atom is 0.306 e. The van der Waals surface area contributed by atoms with Crippen molar-refractivity contribution >= 4 is 5.97 Å². The first-order valence-electron chi connectivity index (χ1n) is 5.61. The highest BCUT2D eigenvalue weighted by molar-refractivity contribution is 5.66. The Labute approximate surface area is 97.8 Å². The molecule has 0 bridgehead atoms. The second-order valence-electron chi connectivity index (χ2n) is 4.38. The Kier molecular flexibility index (Phi) is 6.54. The van der Waals surface area contributed by atoms with Crippen LogP contribution in [-0.2, 0) is 9.53 Å². The fourth-order valence-corrected chi connectivity index (χ4v) is 1.18. The number of carboxylic acids is 1. The van der Waals surface area contributed by atoms with Gasteiger partial charge in [0.15, 0.2) is 0 Å². The highest BCUT2D eigenvalue weighted by Gasteiger charge is 2.11. The first kappa shape index (κ1) is 14.8. The van der Waals surface area contributed by atoms with E-state index in [0.29, 0.717) is 0 Å². The predicted octanol–water partition coefficient (Wildman–Crippen LogP) is 3.37. The van der Waals surface area contributed by atoms with Gasteiger partial charge in [0.25, 0.3) is 0 Å². The molecule has 0 unspecified atom stereocenters. The summed E-state index contributed by atoms with van der Waals surface area (Å²) in [6.07, 6.45) is 5.70. The molecule has 0 aliphatic heterocycles. The zero-order valence-electron chi connectivity index (χ0n) is 10.5. The summed E-state index contributed by atoms with van der Waals surface area (Å²) in [6, 6.07) is 0. The van der Waals surface area contributed by atoms with Crippen LogP contribution in [0.5, 0.6) is 0 Å². The van der Waals surface area contributed by atoms with Gasteiger partial charge in [0.05, 0.1) is 18.8 Å². The van der Waals surface area contributed by atoms with Gasteiger partial charge in [0.1, 0.15) is 0 Å². The summed E-state index contributed by atoms with van der Waals surface area (Å²) in [7, 11) is 0. The molecule has 0 fully saturated rings. The maximum atomic E-state index is 10.4. The van der Waals surface area contributed by atoms with Gasteiger partial charge in [-0.25, -0.2) is 0 Å². The van der Waals surface area contributed by atoms with Crippen molar-refractivity contribution in [3.8, 4) is 0 Å². The van der Waals surface area contributed by atoms with E-state index in [0.717, 1.165) is 18.6 Å². The number of allylic oxidation sites excluding steroid dienone is 3. The number of carboxylic acid groups (broad SMARTS) is 1. The molecule has 0 aliphatic carbocycles. The van der Waals surface area contributed by atoms with Crippen molar-refractivity contribution in [3.05, 3.63) is 24.5 Å². The number of hydrogen-bond acceptors (Lipinski definition) is 2. The molecule has 0 saturated carbocycles. The predicted molar refractivity (Wildman–Crippen MR) is 65.2 cm³/mol. The molecular weight excluding hydrogens is 204 g/mol. The Morgan fingerprint density at radius 1 is 1.44 bits per heavy atom. The molecule has 0 aromatic rings. The second-order valence-corrected chi connectivity index (χ2v) is 4.38.